The van der Waals surface area contributed by atoms with E-state index in [1.165, 1.54) is 51.7 Å². The second-order valence-corrected chi connectivity index (χ2v) is 6.10. The van der Waals surface area contributed by atoms with Gasteiger partial charge in [0.2, 0.25) is 5.91 Å². The molecule has 0 spiro atoms. The molecular weight excluding hydrogens is 224 g/mol. The van der Waals surface area contributed by atoms with Crippen molar-refractivity contribution in [3.8, 4) is 0 Å². The molecule has 1 amide bonds. The molecule has 0 N–H and O–H groups in total. The fourth-order valence-corrected chi connectivity index (χ4v) is 3.37. The Kier molecular flexibility index (Phi) is 5.04. The molecule has 0 aromatic carbocycles. The van der Waals surface area contributed by atoms with Crippen LogP contribution in [0.1, 0.15) is 46.0 Å². The minimum atomic E-state index is 0.247. The summed E-state index contributed by atoms with van der Waals surface area (Å²) in [5.41, 5.74) is 0. The molecule has 3 heteroatoms. The molecule has 3 nitrogen and oxygen atoms in total. The molecule has 104 valence electrons. The lowest BCUT2D eigenvalue weighted by Gasteiger charge is -2.37. The van der Waals surface area contributed by atoms with Gasteiger partial charge in [-0.1, -0.05) is 13.3 Å². The standard InChI is InChI=1S/C15H28N2O/c1-3-14-4-8-16(9-5-14)12-15-6-10-17(11-7-15)13(2)18/h14-15H,3-12H2,1-2H3. The molecule has 2 rings (SSSR count). The van der Waals surface area contributed by atoms with Crippen LogP contribution in [0.15, 0.2) is 0 Å². The predicted octanol–water partition coefficient (Wildman–Crippen LogP) is 2.37. The lowest BCUT2D eigenvalue weighted by atomic mass is 9.91. The highest BCUT2D eigenvalue weighted by Gasteiger charge is 2.24. The molecule has 0 radical (unpaired) electrons. The van der Waals surface area contributed by atoms with Gasteiger partial charge in [-0.25, -0.2) is 0 Å². The van der Waals surface area contributed by atoms with Crippen LogP contribution in [0.4, 0.5) is 0 Å². The molecule has 0 atom stereocenters. The lowest BCUT2D eigenvalue weighted by Crippen LogP contribution is -2.42. The summed E-state index contributed by atoms with van der Waals surface area (Å²) in [6.07, 6.45) is 6.54. The van der Waals surface area contributed by atoms with E-state index in [4.69, 9.17) is 0 Å². The van der Waals surface area contributed by atoms with Crippen molar-refractivity contribution in [2.24, 2.45) is 11.8 Å². The minimum Gasteiger partial charge on any atom is -0.343 e. The number of nitrogens with zero attached hydrogens (tertiary/aromatic N) is 2. The van der Waals surface area contributed by atoms with Crippen molar-refractivity contribution in [2.45, 2.75) is 46.0 Å². The average molecular weight is 252 g/mol. The van der Waals surface area contributed by atoms with Gasteiger partial charge in [0.1, 0.15) is 0 Å². The zero-order chi connectivity index (χ0) is 13.0. The van der Waals surface area contributed by atoms with Crippen LogP contribution in [0.25, 0.3) is 0 Å². The van der Waals surface area contributed by atoms with E-state index in [9.17, 15) is 4.79 Å². The summed E-state index contributed by atoms with van der Waals surface area (Å²) in [7, 11) is 0. The smallest absolute Gasteiger partial charge is 0.219 e. The van der Waals surface area contributed by atoms with Gasteiger partial charge in [0.25, 0.3) is 0 Å². The highest BCUT2D eigenvalue weighted by atomic mass is 16.2. The topological polar surface area (TPSA) is 23.6 Å². The first kappa shape index (κ1) is 13.9. The predicted molar refractivity (Wildman–Crippen MR) is 74.4 cm³/mol. The number of rotatable bonds is 3. The van der Waals surface area contributed by atoms with E-state index in [1.54, 1.807) is 6.92 Å². The Morgan fingerprint density at radius 1 is 1.00 bits per heavy atom. The quantitative estimate of drug-likeness (QED) is 0.770. The number of hydrogen-bond acceptors (Lipinski definition) is 2. The van der Waals surface area contributed by atoms with Crippen LogP contribution in [0.2, 0.25) is 0 Å². The van der Waals surface area contributed by atoms with E-state index in [0.717, 1.165) is 24.9 Å². The first-order chi connectivity index (χ1) is 8.69. The molecule has 2 heterocycles. The SMILES string of the molecule is CCC1CCN(CC2CCN(C(C)=O)CC2)CC1. The van der Waals surface area contributed by atoms with Gasteiger partial charge < -0.3 is 9.80 Å². The Balaban J connectivity index is 1.67. The maximum Gasteiger partial charge on any atom is 0.219 e. The molecule has 18 heavy (non-hydrogen) atoms. The van der Waals surface area contributed by atoms with Crippen LogP contribution in [0, 0.1) is 11.8 Å². The summed E-state index contributed by atoms with van der Waals surface area (Å²) >= 11 is 0. The maximum atomic E-state index is 11.3. The largest absolute Gasteiger partial charge is 0.343 e. The molecule has 2 saturated heterocycles. The highest BCUT2D eigenvalue weighted by molar-refractivity contribution is 5.73. The van der Waals surface area contributed by atoms with E-state index >= 15 is 0 Å². The summed E-state index contributed by atoms with van der Waals surface area (Å²) in [4.78, 5) is 15.9. The van der Waals surface area contributed by atoms with Gasteiger partial charge in [-0.15, -0.1) is 0 Å². The van der Waals surface area contributed by atoms with Crippen LogP contribution in [-0.2, 0) is 4.79 Å². The third-order valence-electron chi connectivity index (χ3n) is 4.86. The number of hydrogen-bond donors (Lipinski definition) is 0. The lowest BCUT2D eigenvalue weighted by molar-refractivity contribution is -0.130. The molecule has 2 aliphatic rings. The van der Waals surface area contributed by atoms with Gasteiger partial charge in [-0.05, 0) is 50.6 Å². The molecule has 0 aromatic heterocycles. The zero-order valence-corrected chi connectivity index (χ0v) is 12.0. The molecule has 0 bridgehead atoms. The van der Waals surface area contributed by atoms with Crippen LogP contribution in [-0.4, -0.2) is 48.4 Å². The molecule has 0 saturated carbocycles. The fourth-order valence-electron chi connectivity index (χ4n) is 3.37. The van der Waals surface area contributed by atoms with Crippen LogP contribution >= 0.6 is 0 Å². The number of amides is 1. The summed E-state index contributed by atoms with van der Waals surface area (Å²) in [5, 5.41) is 0. The third kappa shape index (κ3) is 3.71. The first-order valence-corrected chi connectivity index (χ1v) is 7.67. The Labute approximate surface area is 112 Å². The molecule has 0 unspecified atom stereocenters. The van der Waals surface area contributed by atoms with E-state index in [1.807, 2.05) is 4.90 Å². The number of carbonyl (C=O) groups is 1. The third-order valence-corrected chi connectivity index (χ3v) is 4.86. The van der Waals surface area contributed by atoms with E-state index < -0.39 is 0 Å². The van der Waals surface area contributed by atoms with Gasteiger partial charge in [0, 0.05) is 26.6 Å². The van der Waals surface area contributed by atoms with Crippen LogP contribution in [0.3, 0.4) is 0 Å². The molecule has 0 aromatic rings. The Bertz CT molecular complexity index is 264. The van der Waals surface area contributed by atoms with Gasteiger partial charge in [0.15, 0.2) is 0 Å². The highest BCUT2D eigenvalue weighted by Crippen LogP contribution is 2.23. The monoisotopic (exact) mass is 252 g/mol. The summed E-state index contributed by atoms with van der Waals surface area (Å²) in [5.74, 6) is 2.04. The second kappa shape index (κ2) is 6.55. The normalized spacial score (nSPS) is 24.4. The second-order valence-electron chi connectivity index (χ2n) is 6.10. The number of piperidine rings is 2. The molecule has 2 aliphatic heterocycles. The van der Waals surface area contributed by atoms with Gasteiger partial charge in [0.05, 0.1) is 0 Å². The fraction of sp³-hybridized carbons (Fsp3) is 0.933. The Morgan fingerprint density at radius 3 is 2.06 bits per heavy atom. The Hall–Kier alpha value is -0.570. The van der Waals surface area contributed by atoms with Crippen LogP contribution in [0.5, 0.6) is 0 Å². The van der Waals surface area contributed by atoms with E-state index in [0.29, 0.717) is 0 Å². The summed E-state index contributed by atoms with van der Waals surface area (Å²) in [6, 6.07) is 0. The molecule has 2 fully saturated rings. The first-order valence-electron chi connectivity index (χ1n) is 7.67. The summed E-state index contributed by atoms with van der Waals surface area (Å²) < 4.78 is 0. The van der Waals surface area contributed by atoms with Crippen LogP contribution < -0.4 is 0 Å². The Morgan fingerprint density at radius 2 is 1.56 bits per heavy atom. The van der Waals surface area contributed by atoms with Crippen molar-refractivity contribution in [3.05, 3.63) is 0 Å². The van der Waals surface area contributed by atoms with Crippen molar-refractivity contribution in [3.63, 3.8) is 0 Å². The van der Waals surface area contributed by atoms with Gasteiger partial charge >= 0.3 is 0 Å². The van der Waals surface area contributed by atoms with Crippen molar-refractivity contribution in [2.75, 3.05) is 32.7 Å². The molecule has 0 aliphatic carbocycles. The summed E-state index contributed by atoms with van der Waals surface area (Å²) in [6.45, 7) is 9.82. The van der Waals surface area contributed by atoms with Crippen molar-refractivity contribution in [1.82, 2.24) is 9.80 Å². The number of likely N-dealkylation sites (tertiary alicyclic amines) is 2. The average Bonchev–Trinajstić information content (AvgIpc) is 2.40. The molecular formula is C15H28N2O. The van der Waals surface area contributed by atoms with Crippen molar-refractivity contribution < 1.29 is 4.79 Å². The van der Waals surface area contributed by atoms with Crippen molar-refractivity contribution >= 4 is 5.91 Å². The minimum absolute atomic E-state index is 0.247. The van der Waals surface area contributed by atoms with E-state index in [-0.39, 0.29) is 5.91 Å². The van der Waals surface area contributed by atoms with Gasteiger partial charge in [-0.3, -0.25) is 4.79 Å². The number of carbonyl (C=O) groups excluding carboxylic acids is 1. The van der Waals surface area contributed by atoms with Crippen molar-refractivity contribution in [1.29, 1.82) is 0 Å². The maximum absolute atomic E-state index is 11.3. The zero-order valence-electron chi connectivity index (χ0n) is 12.0. The van der Waals surface area contributed by atoms with Gasteiger partial charge in [-0.2, -0.15) is 0 Å². The van der Waals surface area contributed by atoms with E-state index in [2.05, 4.69) is 11.8 Å².